The van der Waals surface area contributed by atoms with Gasteiger partial charge in [0.1, 0.15) is 12.4 Å². The summed E-state index contributed by atoms with van der Waals surface area (Å²) < 4.78 is 5.74. The summed E-state index contributed by atoms with van der Waals surface area (Å²) in [5.74, 6) is 0.924. The molecule has 0 saturated carbocycles. The Morgan fingerprint density at radius 2 is 1.90 bits per heavy atom. The minimum absolute atomic E-state index is 0.208. The lowest BCUT2D eigenvalue weighted by Crippen LogP contribution is -2.10. The van der Waals surface area contributed by atoms with Crippen LogP contribution in [-0.4, -0.2) is 5.78 Å². The van der Waals surface area contributed by atoms with E-state index in [1.165, 1.54) is 0 Å². The van der Waals surface area contributed by atoms with Crippen molar-refractivity contribution in [3.63, 3.8) is 0 Å². The highest BCUT2D eigenvalue weighted by Gasteiger charge is 2.17. The molecule has 3 nitrogen and oxygen atoms in total. The second-order valence-electron chi connectivity index (χ2n) is 5.19. The lowest BCUT2D eigenvalue weighted by Gasteiger charge is -2.16. The number of carbonyl (C=O) groups is 1. The first-order valence-electron chi connectivity index (χ1n) is 7.04. The summed E-state index contributed by atoms with van der Waals surface area (Å²) in [6.07, 6.45) is 2.54. The largest absolute Gasteiger partial charge is 0.489 e. The molecule has 2 aromatic rings. The molecule has 0 fully saturated rings. The van der Waals surface area contributed by atoms with Crippen LogP contribution in [0.2, 0.25) is 0 Å². The Balaban J connectivity index is 1.72. The molecule has 2 aromatic carbocycles. The van der Waals surface area contributed by atoms with Gasteiger partial charge in [0, 0.05) is 12.0 Å². The minimum atomic E-state index is 0.208. The zero-order valence-electron chi connectivity index (χ0n) is 11.6. The minimum Gasteiger partial charge on any atom is -0.489 e. The van der Waals surface area contributed by atoms with Gasteiger partial charge in [-0.25, -0.2) is 0 Å². The van der Waals surface area contributed by atoms with Gasteiger partial charge in [0.25, 0.3) is 0 Å². The van der Waals surface area contributed by atoms with Gasteiger partial charge in [0.05, 0.1) is 11.6 Å². The van der Waals surface area contributed by atoms with Crippen molar-refractivity contribution in [2.24, 2.45) is 0 Å². The molecule has 0 amide bonds. The van der Waals surface area contributed by atoms with Gasteiger partial charge >= 0.3 is 0 Å². The van der Waals surface area contributed by atoms with Gasteiger partial charge in [-0.3, -0.25) is 4.79 Å². The standard InChI is InChI=1S/C18H15NO2/c19-11-13-4-6-14(7-5-13)12-21-16-9-8-15-2-1-3-18(20)17(15)10-16/h4-10H,1-3,12H2. The molecule has 0 spiro atoms. The molecule has 3 heteroatoms. The lowest BCUT2D eigenvalue weighted by atomic mass is 9.90. The Kier molecular flexibility index (Phi) is 3.70. The molecule has 1 aliphatic carbocycles. The summed E-state index contributed by atoms with van der Waals surface area (Å²) in [5, 5.41) is 8.76. The van der Waals surface area contributed by atoms with Crippen LogP contribution in [0.4, 0.5) is 0 Å². The van der Waals surface area contributed by atoms with E-state index in [-0.39, 0.29) is 5.78 Å². The summed E-state index contributed by atoms with van der Waals surface area (Å²) in [6, 6.07) is 15.1. The fourth-order valence-corrected chi connectivity index (χ4v) is 2.54. The summed E-state index contributed by atoms with van der Waals surface area (Å²) in [4.78, 5) is 11.9. The number of ketones is 1. The van der Waals surface area contributed by atoms with E-state index < -0.39 is 0 Å². The molecule has 0 aliphatic heterocycles. The molecular formula is C18H15NO2. The van der Waals surface area contributed by atoms with E-state index in [0.29, 0.717) is 24.3 Å². The lowest BCUT2D eigenvalue weighted by molar-refractivity contribution is 0.0972. The number of aryl methyl sites for hydroxylation is 1. The summed E-state index contributed by atoms with van der Waals surface area (Å²) in [7, 11) is 0. The van der Waals surface area contributed by atoms with Crippen LogP contribution < -0.4 is 4.74 Å². The zero-order valence-corrected chi connectivity index (χ0v) is 11.6. The Morgan fingerprint density at radius 3 is 2.67 bits per heavy atom. The molecule has 0 aromatic heterocycles. The maximum atomic E-state index is 11.9. The average molecular weight is 277 g/mol. The van der Waals surface area contributed by atoms with Gasteiger partial charge in [-0.15, -0.1) is 0 Å². The SMILES string of the molecule is N#Cc1ccc(COc2ccc3c(c2)C(=O)CCC3)cc1. The van der Waals surface area contributed by atoms with Crippen LogP contribution in [0.15, 0.2) is 42.5 Å². The van der Waals surface area contributed by atoms with E-state index in [2.05, 4.69) is 6.07 Å². The van der Waals surface area contributed by atoms with E-state index in [4.69, 9.17) is 10.00 Å². The van der Waals surface area contributed by atoms with Gasteiger partial charge in [0.2, 0.25) is 0 Å². The number of Topliss-reactive ketones (excluding diaryl/α,β-unsaturated/α-hetero) is 1. The van der Waals surface area contributed by atoms with Crippen LogP contribution in [0.25, 0.3) is 0 Å². The number of nitriles is 1. The van der Waals surface area contributed by atoms with E-state index in [0.717, 1.165) is 29.5 Å². The zero-order chi connectivity index (χ0) is 14.7. The molecule has 0 N–H and O–H groups in total. The van der Waals surface area contributed by atoms with Gasteiger partial charge < -0.3 is 4.74 Å². The Morgan fingerprint density at radius 1 is 1.10 bits per heavy atom. The van der Waals surface area contributed by atoms with Gasteiger partial charge in [-0.05, 0) is 48.2 Å². The van der Waals surface area contributed by atoms with Crippen molar-refractivity contribution in [3.05, 3.63) is 64.7 Å². The molecule has 0 saturated heterocycles. The maximum absolute atomic E-state index is 11.9. The molecule has 0 unspecified atom stereocenters. The number of carbonyl (C=O) groups excluding carboxylic acids is 1. The monoisotopic (exact) mass is 277 g/mol. The summed E-state index contributed by atoms with van der Waals surface area (Å²) in [5.41, 5.74) is 3.56. The van der Waals surface area contributed by atoms with Crippen LogP contribution in [0.3, 0.4) is 0 Å². The van der Waals surface area contributed by atoms with Crippen molar-refractivity contribution in [2.45, 2.75) is 25.9 Å². The third kappa shape index (κ3) is 2.95. The van der Waals surface area contributed by atoms with Gasteiger partial charge in [0.15, 0.2) is 5.78 Å². The number of rotatable bonds is 3. The molecular weight excluding hydrogens is 262 g/mol. The molecule has 0 bridgehead atoms. The maximum Gasteiger partial charge on any atom is 0.163 e. The quantitative estimate of drug-likeness (QED) is 0.860. The van der Waals surface area contributed by atoms with E-state index in [9.17, 15) is 4.79 Å². The van der Waals surface area contributed by atoms with Gasteiger partial charge in [-0.1, -0.05) is 18.2 Å². The molecule has 0 atom stereocenters. The van der Waals surface area contributed by atoms with Crippen LogP contribution >= 0.6 is 0 Å². The highest BCUT2D eigenvalue weighted by atomic mass is 16.5. The smallest absolute Gasteiger partial charge is 0.163 e. The summed E-state index contributed by atoms with van der Waals surface area (Å²) >= 11 is 0. The van der Waals surface area contributed by atoms with E-state index in [1.807, 2.05) is 30.3 Å². The number of hydrogen-bond acceptors (Lipinski definition) is 3. The molecule has 0 heterocycles. The predicted molar refractivity (Wildman–Crippen MR) is 79.2 cm³/mol. The number of fused-ring (bicyclic) bond motifs is 1. The van der Waals surface area contributed by atoms with Crippen molar-refractivity contribution < 1.29 is 9.53 Å². The molecule has 3 rings (SSSR count). The van der Waals surface area contributed by atoms with Crippen molar-refractivity contribution in [1.29, 1.82) is 5.26 Å². The topological polar surface area (TPSA) is 50.1 Å². The molecule has 0 radical (unpaired) electrons. The Labute approximate surface area is 123 Å². The second kappa shape index (κ2) is 5.80. The normalized spacial score (nSPS) is 13.4. The first-order chi connectivity index (χ1) is 10.3. The first kappa shape index (κ1) is 13.4. The fourth-order valence-electron chi connectivity index (χ4n) is 2.54. The third-order valence-corrected chi connectivity index (χ3v) is 3.72. The average Bonchev–Trinajstić information content (AvgIpc) is 2.54. The van der Waals surface area contributed by atoms with Crippen molar-refractivity contribution in [2.75, 3.05) is 0 Å². The van der Waals surface area contributed by atoms with Crippen LogP contribution in [0.5, 0.6) is 5.75 Å². The number of hydrogen-bond donors (Lipinski definition) is 0. The highest BCUT2D eigenvalue weighted by molar-refractivity contribution is 5.98. The third-order valence-electron chi connectivity index (χ3n) is 3.72. The molecule has 21 heavy (non-hydrogen) atoms. The second-order valence-corrected chi connectivity index (χ2v) is 5.19. The van der Waals surface area contributed by atoms with E-state index >= 15 is 0 Å². The Bertz CT molecular complexity index is 711. The highest BCUT2D eigenvalue weighted by Crippen LogP contribution is 2.25. The number of benzene rings is 2. The number of nitrogens with zero attached hydrogens (tertiary/aromatic N) is 1. The van der Waals surface area contributed by atoms with Crippen LogP contribution in [0.1, 0.15) is 39.9 Å². The van der Waals surface area contributed by atoms with Gasteiger partial charge in [-0.2, -0.15) is 5.26 Å². The first-order valence-corrected chi connectivity index (χ1v) is 7.04. The van der Waals surface area contributed by atoms with Crippen molar-refractivity contribution in [1.82, 2.24) is 0 Å². The predicted octanol–water partition coefficient (Wildman–Crippen LogP) is 3.66. The van der Waals surface area contributed by atoms with Crippen molar-refractivity contribution in [3.8, 4) is 11.8 Å². The van der Waals surface area contributed by atoms with E-state index in [1.54, 1.807) is 12.1 Å². The molecule has 1 aliphatic rings. The number of ether oxygens (including phenoxy) is 1. The molecule has 104 valence electrons. The van der Waals surface area contributed by atoms with Crippen molar-refractivity contribution >= 4 is 5.78 Å². The summed E-state index contributed by atoms with van der Waals surface area (Å²) in [6.45, 7) is 0.429. The Hall–Kier alpha value is -2.60. The van der Waals surface area contributed by atoms with Crippen LogP contribution in [-0.2, 0) is 13.0 Å². The van der Waals surface area contributed by atoms with Crippen LogP contribution in [0, 0.1) is 11.3 Å². The fraction of sp³-hybridized carbons (Fsp3) is 0.222.